The summed E-state index contributed by atoms with van der Waals surface area (Å²) in [6.45, 7) is 3.75. The van der Waals surface area contributed by atoms with Gasteiger partial charge in [-0.25, -0.2) is 9.89 Å². The Kier molecular flexibility index (Phi) is 5.51. The number of nitrogens with zero attached hydrogens (tertiary/aromatic N) is 2. The van der Waals surface area contributed by atoms with Crippen molar-refractivity contribution in [1.82, 2.24) is 10.2 Å². The molecule has 7 nitrogen and oxygen atoms in total. The van der Waals surface area contributed by atoms with Crippen molar-refractivity contribution in [3.63, 3.8) is 0 Å². The highest BCUT2D eigenvalue weighted by Gasteiger charge is 2.10. The van der Waals surface area contributed by atoms with E-state index in [4.69, 9.17) is 14.4 Å². The van der Waals surface area contributed by atoms with Crippen molar-refractivity contribution in [3.8, 4) is 17.4 Å². The summed E-state index contributed by atoms with van der Waals surface area (Å²) >= 11 is 0. The van der Waals surface area contributed by atoms with Gasteiger partial charge in [-0.15, -0.1) is 0 Å². The maximum Gasteiger partial charge on any atom is 0.338 e. The average Bonchev–Trinajstić information content (AvgIpc) is 3.17. The van der Waals surface area contributed by atoms with E-state index in [1.165, 1.54) is 0 Å². The summed E-state index contributed by atoms with van der Waals surface area (Å²) in [5.74, 6) is 0.854. The van der Waals surface area contributed by atoms with Gasteiger partial charge in [0.2, 0.25) is 0 Å². The van der Waals surface area contributed by atoms with Crippen molar-refractivity contribution in [3.05, 3.63) is 74.9 Å². The number of nitriles is 1. The zero-order chi connectivity index (χ0) is 20.1. The summed E-state index contributed by atoms with van der Waals surface area (Å²) in [6, 6.07) is 12.4. The SMILES string of the molecule is CCOC(=O)c1ccc(-c2ccc(/C=C/c3n[nH]c(=O)c(C#N)c3C)o2)cc1. The van der Waals surface area contributed by atoms with Crippen LogP contribution in [-0.2, 0) is 4.74 Å². The first kappa shape index (κ1) is 18.9. The van der Waals surface area contributed by atoms with Gasteiger partial charge in [0, 0.05) is 5.56 Å². The van der Waals surface area contributed by atoms with E-state index >= 15 is 0 Å². The van der Waals surface area contributed by atoms with E-state index in [0.29, 0.717) is 34.9 Å². The van der Waals surface area contributed by atoms with Crippen LogP contribution in [0.15, 0.2) is 45.6 Å². The molecule has 3 aromatic rings. The van der Waals surface area contributed by atoms with E-state index in [0.717, 1.165) is 5.56 Å². The minimum absolute atomic E-state index is 0.0384. The molecule has 0 aliphatic heterocycles. The van der Waals surface area contributed by atoms with E-state index in [1.807, 2.05) is 12.1 Å². The number of rotatable bonds is 5. The van der Waals surface area contributed by atoms with Gasteiger partial charge < -0.3 is 9.15 Å². The first-order valence-corrected chi connectivity index (χ1v) is 8.58. The first-order chi connectivity index (χ1) is 13.5. The van der Waals surface area contributed by atoms with Crippen molar-refractivity contribution >= 4 is 18.1 Å². The predicted molar refractivity (Wildman–Crippen MR) is 103 cm³/mol. The fourth-order valence-corrected chi connectivity index (χ4v) is 2.59. The summed E-state index contributed by atoms with van der Waals surface area (Å²) < 4.78 is 10.8. The van der Waals surface area contributed by atoms with Crippen LogP contribution in [0, 0.1) is 18.3 Å². The molecule has 0 radical (unpaired) electrons. The lowest BCUT2D eigenvalue weighted by Gasteiger charge is -2.02. The van der Waals surface area contributed by atoms with Gasteiger partial charge in [0.05, 0.1) is 17.9 Å². The first-order valence-electron chi connectivity index (χ1n) is 8.58. The Morgan fingerprint density at radius 1 is 1.25 bits per heavy atom. The highest BCUT2D eigenvalue weighted by atomic mass is 16.5. The summed E-state index contributed by atoms with van der Waals surface area (Å²) in [5.41, 5.74) is 1.81. The van der Waals surface area contributed by atoms with E-state index in [9.17, 15) is 9.59 Å². The number of nitrogens with one attached hydrogen (secondary N) is 1. The van der Waals surface area contributed by atoms with Crippen molar-refractivity contribution in [1.29, 1.82) is 5.26 Å². The third kappa shape index (κ3) is 3.91. The summed E-state index contributed by atoms with van der Waals surface area (Å²) in [5, 5.41) is 15.3. The fraction of sp³-hybridized carbons (Fsp3) is 0.143. The number of hydrogen-bond acceptors (Lipinski definition) is 6. The molecule has 140 valence electrons. The highest BCUT2D eigenvalue weighted by molar-refractivity contribution is 5.90. The Morgan fingerprint density at radius 3 is 2.68 bits per heavy atom. The molecule has 7 heteroatoms. The summed E-state index contributed by atoms with van der Waals surface area (Å²) in [6.07, 6.45) is 3.36. The highest BCUT2D eigenvalue weighted by Crippen LogP contribution is 2.24. The fourth-order valence-electron chi connectivity index (χ4n) is 2.59. The summed E-state index contributed by atoms with van der Waals surface area (Å²) in [4.78, 5) is 23.3. The van der Waals surface area contributed by atoms with Gasteiger partial charge in [-0.05, 0) is 55.8 Å². The van der Waals surface area contributed by atoms with Crippen LogP contribution in [-0.4, -0.2) is 22.8 Å². The quantitative estimate of drug-likeness (QED) is 0.683. The second-order valence-corrected chi connectivity index (χ2v) is 5.88. The van der Waals surface area contributed by atoms with Gasteiger partial charge in [-0.2, -0.15) is 10.4 Å². The standard InChI is InChI=1S/C21H17N3O4/c1-3-27-21(26)15-6-4-14(5-7-15)19-11-9-16(28-19)8-10-18-13(2)17(12-22)20(25)24-23-18/h4-11H,3H2,1-2H3,(H,24,25)/b10-8+. The number of H-pyrrole nitrogens is 1. The molecule has 0 fully saturated rings. The maximum absolute atomic E-state index is 11.7. The van der Waals surface area contributed by atoms with Crippen molar-refractivity contribution < 1.29 is 13.9 Å². The van der Waals surface area contributed by atoms with Gasteiger partial charge in [0.15, 0.2) is 0 Å². The Balaban J connectivity index is 1.80. The number of carbonyl (C=O) groups excluding carboxylic acids is 1. The Bertz CT molecular complexity index is 1130. The van der Waals surface area contributed by atoms with Gasteiger partial charge >= 0.3 is 5.97 Å². The molecule has 28 heavy (non-hydrogen) atoms. The molecule has 3 rings (SSSR count). The number of aromatic amines is 1. The molecular formula is C21H17N3O4. The number of furan rings is 1. The Labute approximate surface area is 160 Å². The topological polar surface area (TPSA) is 109 Å². The molecular weight excluding hydrogens is 358 g/mol. The minimum atomic E-state index is -0.510. The molecule has 0 aliphatic rings. The van der Waals surface area contributed by atoms with Crippen molar-refractivity contribution in [2.75, 3.05) is 6.61 Å². The zero-order valence-corrected chi connectivity index (χ0v) is 15.4. The van der Waals surface area contributed by atoms with E-state index in [1.54, 1.807) is 56.3 Å². The molecule has 0 aliphatic carbocycles. The Hall–Kier alpha value is -3.92. The van der Waals surface area contributed by atoms with E-state index in [2.05, 4.69) is 10.2 Å². The van der Waals surface area contributed by atoms with Gasteiger partial charge in [0.25, 0.3) is 5.56 Å². The largest absolute Gasteiger partial charge is 0.462 e. The molecule has 0 saturated carbocycles. The third-order valence-corrected chi connectivity index (χ3v) is 4.09. The number of ether oxygens (including phenoxy) is 1. The monoisotopic (exact) mass is 375 g/mol. The third-order valence-electron chi connectivity index (χ3n) is 4.09. The molecule has 0 spiro atoms. The van der Waals surface area contributed by atoms with Crippen LogP contribution >= 0.6 is 0 Å². The second kappa shape index (κ2) is 8.18. The lowest BCUT2D eigenvalue weighted by atomic mass is 10.1. The average molecular weight is 375 g/mol. The molecule has 0 amide bonds. The van der Waals surface area contributed by atoms with Crippen LogP contribution in [0.2, 0.25) is 0 Å². The Morgan fingerprint density at radius 2 is 2.00 bits per heavy atom. The van der Waals surface area contributed by atoms with Crippen LogP contribution in [0.4, 0.5) is 0 Å². The van der Waals surface area contributed by atoms with Crippen LogP contribution < -0.4 is 5.56 Å². The van der Waals surface area contributed by atoms with Crippen molar-refractivity contribution in [2.45, 2.75) is 13.8 Å². The molecule has 1 N–H and O–H groups in total. The normalized spacial score (nSPS) is 10.8. The molecule has 2 aromatic heterocycles. The minimum Gasteiger partial charge on any atom is -0.462 e. The lowest BCUT2D eigenvalue weighted by molar-refractivity contribution is 0.0526. The molecule has 0 bridgehead atoms. The molecule has 1 aromatic carbocycles. The lowest BCUT2D eigenvalue weighted by Crippen LogP contribution is -2.15. The van der Waals surface area contributed by atoms with Crippen LogP contribution in [0.25, 0.3) is 23.5 Å². The van der Waals surface area contributed by atoms with Crippen LogP contribution in [0.3, 0.4) is 0 Å². The number of aromatic nitrogens is 2. The molecule has 0 unspecified atom stereocenters. The molecule has 0 saturated heterocycles. The van der Waals surface area contributed by atoms with E-state index in [-0.39, 0.29) is 11.5 Å². The maximum atomic E-state index is 11.7. The van der Waals surface area contributed by atoms with Gasteiger partial charge in [-0.1, -0.05) is 12.1 Å². The van der Waals surface area contributed by atoms with Crippen LogP contribution in [0.1, 0.15) is 39.9 Å². The number of benzene rings is 1. The van der Waals surface area contributed by atoms with Crippen LogP contribution in [0.5, 0.6) is 0 Å². The predicted octanol–water partition coefficient (Wildman–Crippen LogP) is 3.56. The van der Waals surface area contributed by atoms with Gasteiger partial charge in [0.1, 0.15) is 23.2 Å². The number of esters is 1. The second-order valence-electron chi connectivity index (χ2n) is 5.88. The molecule has 2 heterocycles. The molecule has 0 atom stereocenters. The number of hydrogen-bond donors (Lipinski definition) is 1. The summed E-state index contributed by atoms with van der Waals surface area (Å²) in [7, 11) is 0. The van der Waals surface area contributed by atoms with Gasteiger partial charge in [-0.3, -0.25) is 4.79 Å². The smallest absolute Gasteiger partial charge is 0.338 e. The van der Waals surface area contributed by atoms with Crippen molar-refractivity contribution in [2.24, 2.45) is 0 Å². The zero-order valence-electron chi connectivity index (χ0n) is 15.4. The van der Waals surface area contributed by atoms with E-state index < -0.39 is 5.56 Å². The number of carbonyl (C=O) groups is 1.